The van der Waals surface area contributed by atoms with Crippen LogP contribution in [0.5, 0.6) is 0 Å². The average Bonchev–Trinajstić information content (AvgIpc) is 2.35. The van der Waals surface area contributed by atoms with E-state index in [0.717, 1.165) is 0 Å². The maximum atomic E-state index is 9.49. The molecular formula is C14H30O5. The molecule has 0 aromatic heterocycles. The summed E-state index contributed by atoms with van der Waals surface area (Å²) in [5.41, 5.74) is 0. The van der Waals surface area contributed by atoms with Crippen LogP contribution in [0.4, 0.5) is 0 Å². The summed E-state index contributed by atoms with van der Waals surface area (Å²) in [6.45, 7) is 10.4. The van der Waals surface area contributed by atoms with Gasteiger partial charge in [0.05, 0.1) is 51.8 Å². The molecule has 19 heavy (non-hydrogen) atoms. The minimum Gasteiger partial charge on any atom is -0.390 e. The van der Waals surface area contributed by atoms with E-state index in [1.54, 1.807) is 0 Å². The second-order valence-electron chi connectivity index (χ2n) is 5.38. The van der Waals surface area contributed by atoms with Crippen LogP contribution in [-0.2, 0) is 14.2 Å². The Kier molecular flexibility index (Phi) is 11.5. The van der Waals surface area contributed by atoms with Crippen LogP contribution in [0.1, 0.15) is 27.7 Å². The van der Waals surface area contributed by atoms with Crippen LogP contribution in [0, 0.1) is 11.8 Å². The summed E-state index contributed by atoms with van der Waals surface area (Å²) in [7, 11) is 0. The van der Waals surface area contributed by atoms with E-state index in [9.17, 15) is 10.2 Å². The van der Waals surface area contributed by atoms with Crippen molar-refractivity contribution in [2.75, 3.05) is 39.6 Å². The first-order valence-electron chi connectivity index (χ1n) is 7.04. The first-order chi connectivity index (χ1) is 8.95. The Hall–Kier alpha value is -0.200. The van der Waals surface area contributed by atoms with Crippen LogP contribution in [-0.4, -0.2) is 62.1 Å². The van der Waals surface area contributed by atoms with E-state index in [4.69, 9.17) is 14.2 Å². The fourth-order valence-electron chi connectivity index (χ4n) is 1.13. The van der Waals surface area contributed by atoms with Crippen LogP contribution in [0.2, 0.25) is 0 Å². The molecule has 2 unspecified atom stereocenters. The first kappa shape index (κ1) is 18.8. The normalized spacial score (nSPS) is 15.2. The summed E-state index contributed by atoms with van der Waals surface area (Å²) in [6.07, 6.45) is -0.832. The van der Waals surface area contributed by atoms with Crippen LogP contribution < -0.4 is 0 Å². The molecule has 0 spiro atoms. The summed E-state index contributed by atoms with van der Waals surface area (Å²) in [4.78, 5) is 0. The quantitative estimate of drug-likeness (QED) is 0.523. The highest BCUT2D eigenvalue weighted by Gasteiger charge is 2.09. The van der Waals surface area contributed by atoms with Crippen molar-refractivity contribution in [1.82, 2.24) is 0 Å². The van der Waals surface area contributed by atoms with Gasteiger partial charge in [-0.15, -0.1) is 0 Å². The third-order valence-electron chi connectivity index (χ3n) is 2.86. The summed E-state index contributed by atoms with van der Waals surface area (Å²) in [6, 6.07) is 0. The molecule has 0 aromatic carbocycles. The van der Waals surface area contributed by atoms with Gasteiger partial charge in [-0.05, 0) is 11.8 Å². The highest BCUT2D eigenvalue weighted by Crippen LogP contribution is 2.01. The Morgan fingerprint density at radius 2 is 0.947 bits per heavy atom. The van der Waals surface area contributed by atoms with Crippen molar-refractivity contribution < 1.29 is 24.4 Å². The lowest BCUT2D eigenvalue weighted by atomic mass is 10.1. The lowest BCUT2D eigenvalue weighted by Gasteiger charge is -2.15. The van der Waals surface area contributed by atoms with Crippen molar-refractivity contribution in [3.63, 3.8) is 0 Å². The fraction of sp³-hybridized carbons (Fsp3) is 1.00. The molecule has 0 saturated heterocycles. The highest BCUT2D eigenvalue weighted by atomic mass is 16.5. The van der Waals surface area contributed by atoms with Crippen molar-refractivity contribution in [2.24, 2.45) is 11.8 Å². The van der Waals surface area contributed by atoms with Gasteiger partial charge in [0.2, 0.25) is 0 Å². The van der Waals surface area contributed by atoms with Gasteiger partial charge in [-0.2, -0.15) is 0 Å². The van der Waals surface area contributed by atoms with E-state index in [1.165, 1.54) is 0 Å². The monoisotopic (exact) mass is 278 g/mol. The molecule has 0 aliphatic carbocycles. The molecular weight excluding hydrogens is 248 g/mol. The highest BCUT2D eigenvalue weighted by molar-refractivity contribution is 4.58. The molecule has 0 fully saturated rings. The SMILES string of the molecule is CC(C)C(O)COCCOCCOCC(O)C(C)C. The van der Waals surface area contributed by atoms with Gasteiger partial charge in [0.25, 0.3) is 0 Å². The fourth-order valence-corrected chi connectivity index (χ4v) is 1.13. The molecule has 0 radical (unpaired) electrons. The summed E-state index contributed by atoms with van der Waals surface area (Å²) < 4.78 is 15.9. The minimum absolute atomic E-state index is 0.210. The van der Waals surface area contributed by atoms with Crippen LogP contribution >= 0.6 is 0 Å². The number of hydrogen-bond acceptors (Lipinski definition) is 5. The van der Waals surface area contributed by atoms with Gasteiger partial charge in [-0.3, -0.25) is 0 Å². The van der Waals surface area contributed by atoms with Crippen LogP contribution in [0.3, 0.4) is 0 Å². The average molecular weight is 278 g/mol. The maximum absolute atomic E-state index is 9.49. The standard InChI is InChI=1S/C14H30O5/c1-11(2)13(15)9-18-7-5-17-6-8-19-10-14(16)12(3)4/h11-16H,5-10H2,1-4H3. The number of ether oxygens (including phenoxy) is 3. The molecule has 2 N–H and O–H groups in total. The predicted octanol–water partition coefficient (Wildman–Crippen LogP) is 1.07. The molecule has 2 atom stereocenters. The zero-order valence-corrected chi connectivity index (χ0v) is 12.7. The Morgan fingerprint density at radius 1 is 0.632 bits per heavy atom. The number of aliphatic hydroxyl groups is 2. The van der Waals surface area contributed by atoms with Crippen LogP contribution in [0.25, 0.3) is 0 Å². The van der Waals surface area contributed by atoms with Crippen LogP contribution in [0.15, 0.2) is 0 Å². The maximum Gasteiger partial charge on any atom is 0.0796 e. The molecule has 0 bridgehead atoms. The summed E-state index contributed by atoms with van der Waals surface area (Å²) in [5, 5.41) is 19.0. The van der Waals surface area contributed by atoms with Crippen molar-refractivity contribution in [2.45, 2.75) is 39.9 Å². The summed E-state index contributed by atoms with van der Waals surface area (Å²) in [5.74, 6) is 0.420. The van der Waals surface area contributed by atoms with Gasteiger partial charge in [0.15, 0.2) is 0 Å². The molecule has 116 valence electrons. The lowest BCUT2D eigenvalue weighted by Crippen LogP contribution is -2.23. The van der Waals surface area contributed by atoms with E-state index in [2.05, 4.69) is 0 Å². The summed E-state index contributed by atoms with van der Waals surface area (Å²) >= 11 is 0. The molecule has 0 aliphatic rings. The Balaban J connectivity index is 3.19. The zero-order chi connectivity index (χ0) is 14.7. The van der Waals surface area contributed by atoms with E-state index >= 15 is 0 Å². The van der Waals surface area contributed by atoms with E-state index in [0.29, 0.717) is 39.6 Å². The largest absolute Gasteiger partial charge is 0.390 e. The van der Waals surface area contributed by atoms with Gasteiger partial charge in [-0.1, -0.05) is 27.7 Å². The van der Waals surface area contributed by atoms with Crippen molar-refractivity contribution in [1.29, 1.82) is 0 Å². The molecule has 0 aromatic rings. The smallest absolute Gasteiger partial charge is 0.0796 e. The van der Waals surface area contributed by atoms with E-state index < -0.39 is 12.2 Å². The van der Waals surface area contributed by atoms with Crippen molar-refractivity contribution in [3.05, 3.63) is 0 Å². The topological polar surface area (TPSA) is 68.2 Å². The minimum atomic E-state index is -0.416. The molecule has 0 saturated carbocycles. The number of rotatable bonds is 12. The molecule has 0 heterocycles. The van der Waals surface area contributed by atoms with Gasteiger partial charge < -0.3 is 24.4 Å². The van der Waals surface area contributed by atoms with Crippen molar-refractivity contribution >= 4 is 0 Å². The van der Waals surface area contributed by atoms with Gasteiger partial charge in [-0.25, -0.2) is 0 Å². The van der Waals surface area contributed by atoms with E-state index in [1.807, 2.05) is 27.7 Å². The molecule has 0 aliphatic heterocycles. The Labute approximate surface area is 116 Å². The number of aliphatic hydroxyl groups excluding tert-OH is 2. The Bertz CT molecular complexity index is 176. The predicted molar refractivity (Wildman–Crippen MR) is 74.1 cm³/mol. The molecule has 0 amide bonds. The van der Waals surface area contributed by atoms with Gasteiger partial charge in [0, 0.05) is 0 Å². The van der Waals surface area contributed by atoms with E-state index in [-0.39, 0.29) is 11.8 Å². The number of hydrogen-bond donors (Lipinski definition) is 2. The zero-order valence-electron chi connectivity index (χ0n) is 12.7. The molecule has 5 heteroatoms. The lowest BCUT2D eigenvalue weighted by molar-refractivity contribution is -0.0330. The van der Waals surface area contributed by atoms with Gasteiger partial charge in [0.1, 0.15) is 0 Å². The molecule has 0 rings (SSSR count). The van der Waals surface area contributed by atoms with Crippen molar-refractivity contribution in [3.8, 4) is 0 Å². The second kappa shape index (κ2) is 11.6. The third-order valence-corrected chi connectivity index (χ3v) is 2.86. The third kappa shape index (κ3) is 11.3. The van der Waals surface area contributed by atoms with Gasteiger partial charge >= 0.3 is 0 Å². The second-order valence-corrected chi connectivity index (χ2v) is 5.38. The first-order valence-corrected chi connectivity index (χ1v) is 7.04. The Morgan fingerprint density at radius 3 is 1.26 bits per heavy atom. The molecule has 5 nitrogen and oxygen atoms in total.